The van der Waals surface area contributed by atoms with Crippen molar-refractivity contribution in [2.75, 3.05) is 13.2 Å². The van der Waals surface area contributed by atoms with Crippen LogP contribution in [0.25, 0.3) is 0 Å². The highest BCUT2D eigenvalue weighted by atomic mass is 16.5. The monoisotopic (exact) mass is 998 g/mol. The molecule has 2 atom stereocenters. The second-order valence-electron chi connectivity index (χ2n) is 21.7. The van der Waals surface area contributed by atoms with E-state index in [1.165, 1.54) is 250 Å². The van der Waals surface area contributed by atoms with Crippen LogP contribution in [-0.2, 0) is 14.3 Å². The molecule has 0 aliphatic carbocycles. The van der Waals surface area contributed by atoms with E-state index < -0.39 is 12.1 Å². The summed E-state index contributed by atoms with van der Waals surface area (Å²) in [5.74, 6) is -0.0945. The summed E-state index contributed by atoms with van der Waals surface area (Å²) >= 11 is 0. The van der Waals surface area contributed by atoms with Crippen molar-refractivity contribution in [3.05, 3.63) is 36.5 Å². The number of unbranched alkanes of at least 4 members (excludes halogenated alkanes) is 44. The fourth-order valence-electron chi connectivity index (χ4n) is 9.74. The molecule has 0 aromatic heterocycles. The molecule has 0 bridgehead atoms. The highest BCUT2D eigenvalue weighted by Gasteiger charge is 2.18. The Hall–Kier alpha value is -1.92. The topological polar surface area (TPSA) is 95.9 Å². The molecule has 0 fully saturated rings. The van der Waals surface area contributed by atoms with Gasteiger partial charge in [-0.05, 0) is 83.5 Å². The molecule has 1 amide bonds. The normalized spacial score (nSPS) is 12.8. The van der Waals surface area contributed by atoms with E-state index >= 15 is 0 Å². The lowest BCUT2D eigenvalue weighted by Gasteiger charge is -2.20. The molecular formula is C65H123NO5. The molecule has 0 heterocycles. The van der Waals surface area contributed by atoms with E-state index in [2.05, 4.69) is 43.5 Å². The summed E-state index contributed by atoms with van der Waals surface area (Å²) in [5, 5.41) is 23.2. The Morgan fingerprint density at radius 1 is 0.380 bits per heavy atom. The van der Waals surface area contributed by atoms with Gasteiger partial charge in [0, 0.05) is 12.8 Å². The van der Waals surface area contributed by atoms with Crippen LogP contribution in [0.3, 0.4) is 0 Å². The van der Waals surface area contributed by atoms with Crippen molar-refractivity contribution in [3.8, 4) is 0 Å². The van der Waals surface area contributed by atoms with Crippen LogP contribution in [-0.4, -0.2) is 47.4 Å². The van der Waals surface area contributed by atoms with Gasteiger partial charge in [0.1, 0.15) is 0 Å². The van der Waals surface area contributed by atoms with Crippen LogP contribution >= 0.6 is 0 Å². The Balaban J connectivity index is 3.50. The standard InChI is InChI=1S/C65H123NO5/c1-3-5-7-9-11-13-15-17-19-20-21-22-23-24-25-26-27-30-33-37-41-45-49-53-57-63(68)62(61-67)66-64(69)58-54-50-46-42-38-34-31-28-29-32-36-40-44-48-52-56-60-71-65(70)59-55-51-47-43-39-35-18-16-14-12-10-8-6-4-2/h16,18,28,31,53,57,62-63,67-68H,3-15,17,19-27,29-30,32-52,54-56,58-61H2,1-2H3,(H,66,69)/b18-16-,31-28-,57-53+. The third kappa shape index (κ3) is 57.2. The number of rotatable bonds is 59. The Kier molecular flexibility index (Phi) is 59.0. The molecule has 2 unspecified atom stereocenters. The minimum atomic E-state index is -0.857. The van der Waals surface area contributed by atoms with Crippen LogP contribution in [0.4, 0.5) is 0 Å². The largest absolute Gasteiger partial charge is 0.466 e. The van der Waals surface area contributed by atoms with E-state index in [1.54, 1.807) is 6.08 Å². The number of aliphatic hydroxyl groups excluding tert-OH is 2. The lowest BCUT2D eigenvalue weighted by Crippen LogP contribution is -2.45. The zero-order chi connectivity index (χ0) is 51.4. The molecule has 0 radical (unpaired) electrons. The minimum absolute atomic E-state index is 0.0120. The van der Waals surface area contributed by atoms with Gasteiger partial charge in [0.15, 0.2) is 0 Å². The molecular weight excluding hydrogens is 875 g/mol. The number of nitrogens with one attached hydrogen (secondary N) is 1. The van der Waals surface area contributed by atoms with Crippen LogP contribution < -0.4 is 5.32 Å². The molecule has 6 heteroatoms. The number of carbonyl (C=O) groups excluding carboxylic acids is 2. The first kappa shape index (κ1) is 69.1. The van der Waals surface area contributed by atoms with Gasteiger partial charge in [0.2, 0.25) is 5.91 Å². The number of aliphatic hydroxyl groups is 2. The van der Waals surface area contributed by atoms with Gasteiger partial charge < -0.3 is 20.3 Å². The van der Waals surface area contributed by atoms with Gasteiger partial charge in [-0.25, -0.2) is 0 Å². The summed E-state index contributed by atoms with van der Waals surface area (Å²) in [6.07, 6.45) is 76.1. The first-order chi connectivity index (χ1) is 35.0. The molecule has 0 rings (SSSR count). The van der Waals surface area contributed by atoms with Crippen LogP contribution in [0.1, 0.15) is 341 Å². The van der Waals surface area contributed by atoms with Crippen LogP contribution in [0.2, 0.25) is 0 Å². The maximum atomic E-state index is 12.5. The van der Waals surface area contributed by atoms with Gasteiger partial charge in [-0.3, -0.25) is 9.59 Å². The second kappa shape index (κ2) is 60.6. The van der Waals surface area contributed by atoms with Crippen molar-refractivity contribution in [1.29, 1.82) is 0 Å². The van der Waals surface area contributed by atoms with Gasteiger partial charge in [0.25, 0.3) is 0 Å². The Bertz CT molecular complexity index is 1150. The van der Waals surface area contributed by atoms with Gasteiger partial charge >= 0.3 is 5.97 Å². The molecule has 0 aromatic carbocycles. The number of carbonyl (C=O) groups is 2. The number of amides is 1. The number of hydrogen-bond acceptors (Lipinski definition) is 5. The van der Waals surface area contributed by atoms with E-state index in [4.69, 9.17) is 4.74 Å². The Morgan fingerprint density at radius 3 is 1.00 bits per heavy atom. The van der Waals surface area contributed by atoms with E-state index in [1.807, 2.05) is 6.08 Å². The second-order valence-corrected chi connectivity index (χ2v) is 21.7. The summed E-state index contributed by atoms with van der Waals surface area (Å²) in [4.78, 5) is 24.5. The van der Waals surface area contributed by atoms with Crippen molar-refractivity contribution >= 4 is 11.9 Å². The number of allylic oxidation sites excluding steroid dienone is 5. The zero-order valence-electron chi connectivity index (χ0n) is 47.7. The van der Waals surface area contributed by atoms with Gasteiger partial charge in [-0.1, -0.05) is 281 Å². The molecule has 0 spiro atoms. The Morgan fingerprint density at radius 2 is 0.662 bits per heavy atom. The van der Waals surface area contributed by atoms with E-state index in [0.717, 1.165) is 64.2 Å². The Labute approximate surface area is 443 Å². The zero-order valence-corrected chi connectivity index (χ0v) is 47.7. The molecule has 0 aliphatic rings. The predicted molar refractivity (Wildman–Crippen MR) is 310 cm³/mol. The van der Waals surface area contributed by atoms with Crippen molar-refractivity contribution in [3.63, 3.8) is 0 Å². The van der Waals surface area contributed by atoms with Crippen molar-refractivity contribution in [1.82, 2.24) is 5.32 Å². The molecule has 0 aliphatic heterocycles. The third-order valence-corrected chi connectivity index (χ3v) is 14.6. The van der Waals surface area contributed by atoms with E-state index in [0.29, 0.717) is 19.4 Å². The lowest BCUT2D eigenvalue weighted by molar-refractivity contribution is -0.143. The quantitative estimate of drug-likeness (QED) is 0.0321. The number of esters is 1. The number of ether oxygens (including phenoxy) is 1. The fraction of sp³-hybridized carbons (Fsp3) is 0.877. The van der Waals surface area contributed by atoms with Gasteiger partial charge in [0.05, 0.1) is 25.4 Å². The predicted octanol–water partition coefficient (Wildman–Crippen LogP) is 20.0. The molecule has 0 saturated heterocycles. The molecule has 0 saturated carbocycles. The van der Waals surface area contributed by atoms with Gasteiger partial charge in [-0.15, -0.1) is 0 Å². The van der Waals surface area contributed by atoms with Crippen LogP contribution in [0.5, 0.6) is 0 Å². The molecule has 6 nitrogen and oxygen atoms in total. The van der Waals surface area contributed by atoms with E-state index in [-0.39, 0.29) is 18.5 Å². The third-order valence-electron chi connectivity index (χ3n) is 14.6. The average molecular weight is 999 g/mol. The summed E-state index contributed by atoms with van der Waals surface area (Å²) in [7, 11) is 0. The minimum Gasteiger partial charge on any atom is -0.466 e. The van der Waals surface area contributed by atoms with Crippen molar-refractivity contribution in [2.24, 2.45) is 0 Å². The highest BCUT2D eigenvalue weighted by Crippen LogP contribution is 2.17. The summed E-state index contributed by atoms with van der Waals surface area (Å²) in [6, 6.07) is -0.642. The van der Waals surface area contributed by atoms with E-state index in [9.17, 15) is 19.8 Å². The smallest absolute Gasteiger partial charge is 0.305 e. The summed E-state index contributed by atoms with van der Waals surface area (Å²) in [5.41, 5.74) is 0. The maximum absolute atomic E-state index is 12.5. The fourth-order valence-corrected chi connectivity index (χ4v) is 9.74. The molecule has 0 aromatic rings. The number of hydrogen-bond donors (Lipinski definition) is 3. The van der Waals surface area contributed by atoms with Crippen LogP contribution in [0, 0.1) is 0 Å². The first-order valence-electron chi connectivity index (χ1n) is 31.8. The van der Waals surface area contributed by atoms with Gasteiger partial charge in [-0.2, -0.15) is 0 Å². The average Bonchev–Trinajstić information content (AvgIpc) is 3.37. The van der Waals surface area contributed by atoms with Crippen molar-refractivity contribution < 1.29 is 24.5 Å². The molecule has 3 N–H and O–H groups in total. The maximum Gasteiger partial charge on any atom is 0.305 e. The lowest BCUT2D eigenvalue weighted by atomic mass is 10.0. The van der Waals surface area contributed by atoms with Crippen molar-refractivity contribution in [2.45, 2.75) is 353 Å². The summed E-state index contributed by atoms with van der Waals surface area (Å²) < 4.78 is 5.47. The summed E-state index contributed by atoms with van der Waals surface area (Å²) in [6.45, 7) is 4.89. The highest BCUT2D eigenvalue weighted by molar-refractivity contribution is 5.76. The van der Waals surface area contributed by atoms with Crippen LogP contribution in [0.15, 0.2) is 36.5 Å². The SMILES string of the molecule is CCCCCCC/C=C\CCCCCCCC(=O)OCCCCCCCCC/C=C\CCCCCCCC(=O)NC(CO)C(O)/C=C/CCCCCCCCCCCCCCCCCCCCCCCC. The first-order valence-corrected chi connectivity index (χ1v) is 31.8. The molecule has 71 heavy (non-hydrogen) atoms. The molecule has 418 valence electrons.